The van der Waals surface area contributed by atoms with Crippen LogP contribution >= 0.6 is 11.6 Å². The zero-order valence-electron chi connectivity index (χ0n) is 22.3. The predicted octanol–water partition coefficient (Wildman–Crippen LogP) is 8.43. The number of nitrogens with zero attached hydrogens (tertiary/aromatic N) is 1. The number of aliphatic imine (C=N–C) groups is 1. The van der Waals surface area contributed by atoms with Crippen LogP contribution in [0.1, 0.15) is 49.0 Å². The fraction of sp³-hybridized carbons (Fsp3) is 0.226. The number of hydrogen-bond donors (Lipinski definition) is 2. The third-order valence-corrected chi connectivity index (χ3v) is 6.32. The molecule has 40 heavy (non-hydrogen) atoms. The van der Waals surface area contributed by atoms with Crippen molar-refractivity contribution >= 4 is 29.2 Å². The highest BCUT2D eigenvalue weighted by atomic mass is 35.5. The van der Waals surface area contributed by atoms with Crippen molar-refractivity contribution in [2.75, 3.05) is 5.32 Å². The van der Waals surface area contributed by atoms with Gasteiger partial charge in [0, 0.05) is 16.3 Å². The average Bonchev–Trinajstić information content (AvgIpc) is 2.87. The number of allylic oxidation sites excluding steroid dienone is 3. The van der Waals surface area contributed by atoms with Gasteiger partial charge in [-0.2, -0.15) is 0 Å². The quantitative estimate of drug-likeness (QED) is 0.117. The molecule has 0 fully saturated rings. The zero-order chi connectivity index (χ0) is 29.4. The highest BCUT2D eigenvalue weighted by molar-refractivity contribution is 6.31. The summed E-state index contributed by atoms with van der Waals surface area (Å²) in [5.41, 5.74) is 1.87. The van der Waals surface area contributed by atoms with E-state index in [0.29, 0.717) is 6.42 Å². The molecule has 0 saturated heterocycles. The van der Waals surface area contributed by atoms with E-state index in [1.54, 1.807) is 12.1 Å². The molecule has 0 aromatic heterocycles. The number of anilines is 1. The summed E-state index contributed by atoms with van der Waals surface area (Å²) >= 11 is 5.98. The van der Waals surface area contributed by atoms with Crippen LogP contribution in [0, 0.1) is 29.2 Å². The van der Waals surface area contributed by atoms with Gasteiger partial charge in [0.25, 0.3) is 5.91 Å². The molecule has 0 bridgehead atoms. The molecule has 3 rings (SSSR count). The lowest BCUT2D eigenvalue weighted by Gasteiger charge is -2.25. The Morgan fingerprint density at radius 2 is 1.68 bits per heavy atom. The number of amides is 1. The van der Waals surface area contributed by atoms with E-state index >= 15 is 0 Å². The van der Waals surface area contributed by atoms with E-state index in [1.165, 1.54) is 24.3 Å². The van der Waals surface area contributed by atoms with Crippen molar-refractivity contribution in [2.45, 2.75) is 39.2 Å². The summed E-state index contributed by atoms with van der Waals surface area (Å²) in [6.45, 7) is 9.64. The zero-order valence-corrected chi connectivity index (χ0v) is 23.1. The molecular formula is C31H30ClF4N3O. The van der Waals surface area contributed by atoms with Gasteiger partial charge in [0.1, 0.15) is 11.6 Å². The molecule has 0 aliphatic heterocycles. The third-order valence-electron chi connectivity index (χ3n) is 6.10. The van der Waals surface area contributed by atoms with E-state index in [4.69, 9.17) is 11.6 Å². The smallest absolute Gasteiger partial charge is 0.258 e. The molecular weight excluding hydrogens is 542 g/mol. The van der Waals surface area contributed by atoms with Gasteiger partial charge in [-0.25, -0.2) is 22.6 Å². The number of nitrogens with one attached hydrogen (secondary N) is 2. The molecule has 0 saturated carbocycles. The van der Waals surface area contributed by atoms with Gasteiger partial charge < -0.3 is 5.32 Å². The van der Waals surface area contributed by atoms with E-state index in [-0.39, 0.29) is 39.9 Å². The lowest BCUT2D eigenvalue weighted by atomic mass is 9.82. The summed E-state index contributed by atoms with van der Waals surface area (Å²) in [7, 11) is 0. The number of hydrogen-bond acceptors (Lipinski definition) is 2. The van der Waals surface area contributed by atoms with Gasteiger partial charge in [-0.3, -0.25) is 10.1 Å². The van der Waals surface area contributed by atoms with Crippen LogP contribution in [0.3, 0.4) is 0 Å². The lowest BCUT2D eigenvalue weighted by Crippen LogP contribution is -2.37. The molecule has 3 atom stereocenters. The van der Waals surface area contributed by atoms with Crippen LogP contribution < -0.4 is 10.6 Å². The van der Waals surface area contributed by atoms with Gasteiger partial charge in [-0.05, 0) is 86.2 Å². The lowest BCUT2D eigenvalue weighted by molar-refractivity contribution is 0.0976. The summed E-state index contributed by atoms with van der Waals surface area (Å²) in [5.74, 6) is -4.09. The van der Waals surface area contributed by atoms with Crippen molar-refractivity contribution < 1.29 is 22.4 Å². The third kappa shape index (κ3) is 9.09. The number of benzene rings is 3. The topological polar surface area (TPSA) is 53.5 Å². The number of rotatable bonds is 9. The molecule has 3 unspecified atom stereocenters. The number of carbonyl (C=O) groups excluding carboxylic acids is 1. The Balaban J connectivity index is 1.93. The van der Waals surface area contributed by atoms with Crippen LogP contribution in [0.4, 0.5) is 23.2 Å². The maximum absolute atomic E-state index is 14.0. The second-order valence-electron chi connectivity index (χ2n) is 9.65. The normalized spacial score (nSPS) is 14.1. The van der Waals surface area contributed by atoms with Crippen LogP contribution in [0.15, 0.2) is 90.0 Å². The number of carbonyl (C=O) groups is 1. The van der Waals surface area contributed by atoms with Crippen molar-refractivity contribution in [3.8, 4) is 0 Å². The summed E-state index contributed by atoms with van der Waals surface area (Å²) in [4.78, 5) is 17.5. The molecule has 1 amide bonds. The van der Waals surface area contributed by atoms with Crippen molar-refractivity contribution in [3.63, 3.8) is 0 Å². The first-order valence-corrected chi connectivity index (χ1v) is 13.0. The summed E-state index contributed by atoms with van der Waals surface area (Å²) in [6, 6.07) is 12.3. The highest BCUT2D eigenvalue weighted by Gasteiger charge is 2.22. The van der Waals surface area contributed by atoms with Crippen LogP contribution in [0.25, 0.3) is 0 Å². The average molecular weight is 572 g/mol. The Hall–Kier alpha value is -3.91. The van der Waals surface area contributed by atoms with E-state index in [1.807, 2.05) is 32.9 Å². The molecule has 210 valence electrons. The second-order valence-corrected chi connectivity index (χ2v) is 10.1. The van der Waals surface area contributed by atoms with Crippen molar-refractivity contribution in [3.05, 3.63) is 124 Å². The molecule has 0 heterocycles. The Kier molecular flexibility index (Phi) is 10.7. The van der Waals surface area contributed by atoms with Gasteiger partial charge in [-0.1, -0.05) is 55.0 Å². The highest BCUT2D eigenvalue weighted by Crippen LogP contribution is 2.32. The van der Waals surface area contributed by atoms with Crippen LogP contribution in [0.5, 0.6) is 0 Å². The first-order valence-electron chi connectivity index (χ1n) is 12.6. The fourth-order valence-electron chi connectivity index (χ4n) is 4.13. The van der Waals surface area contributed by atoms with Crippen molar-refractivity contribution in [1.82, 2.24) is 5.32 Å². The first kappa shape index (κ1) is 30.6. The molecule has 3 aromatic rings. The van der Waals surface area contributed by atoms with Crippen LogP contribution in [-0.4, -0.2) is 17.9 Å². The molecule has 2 N–H and O–H groups in total. The Morgan fingerprint density at radius 3 is 2.30 bits per heavy atom. The Labute approximate surface area is 236 Å². The Morgan fingerprint density at radius 1 is 0.975 bits per heavy atom. The first-order chi connectivity index (χ1) is 18.9. The maximum Gasteiger partial charge on any atom is 0.258 e. The van der Waals surface area contributed by atoms with Gasteiger partial charge in [0.05, 0.1) is 6.04 Å². The molecule has 0 aliphatic rings. The fourth-order valence-corrected chi connectivity index (χ4v) is 4.35. The van der Waals surface area contributed by atoms with Gasteiger partial charge in [-0.15, -0.1) is 0 Å². The monoisotopic (exact) mass is 571 g/mol. The van der Waals surface area contributed by atoms with E-state index in [0.717, 1.165) is 35.4 Å². The largest absolute Gasteiger partial charge is 0.326 e. The molecule has 4 nitrogen and oxygen atoms in total. The SMILES string of the molecule is C=C(C)/C=C/C(C)C(CC(C)N=C(NC(=O)c1ccc(F)c(F)c1)Nc1cc(F)cc(Cl)c1)c1ccc(F)cc1. The minimum Gasteiger partial charge on any atom is -0.326 e. The van der Waals surface area contributed by atoms with E-state index < -0.39 is 29.4 Å². The molecule has 0 spiro atoms. The number of halogens is 5. The van der Waals surface area contributed by atoms with Crippen LogP contribution in [-0.2, 0) is 0 Å². The van der Waals surface area contributed by atoms with Gasteiger partial charge in [0.15, 0.2) is 11.6 Å². The van der Waals surface area contributed by atoms with Crippen molar-refractivity contribution in [1.29, 1.82) is 0 Å². The molecule has 0 aliphatic carbocycles. The number of guanidine groups is 1. The minimum absolute atomic E-state index is 0.0232. The van der Waals surface area contributed by atoms with Crippen LogP contribution in [0.2, 0.25) is 5.02 Å². The maximum atomic E-state index is 14.0. The molecule has 0 radical (unpaired) electrons. The second kappa shape index (κ2) is 13.9. The summed E-state index contributed by atoms with van der Waals surface area (Å²) in [6.07, 6.45) is 4.42. The molecule has 3 aromatic carbocycles. The molecule has 9 heteroatoms. The summed E-state index contributed by atoms with van der Waals surface area (Å²) < 4.78 is 54.8. The van der Waals surface area contributed by atoms with E-state index in [9.17, 15) is 22.4 Å². The van der Waals surface area contributed by atoms with E-state index in [2.05, 4.69) is 22.2 Å². The van der Waals surface area contributed by atoms with Gasteiger partial charge >= 0.3 is 0 Å². The van der Waals surface area contributed by atoms with Gasteiger partial charge in [0.2, 0.25) is 5.96 Å². The van der Waals surface area contributed by atoms with Crippen molar-refractivity contribution in [2.24, 2.45) is 10.9 Å². The standard InChI is InChI=1S/C31H30ClF4N3O/c1-18(2)5-6-19(3)27(21-7-10-24(33)11-8-21)13-20(4)37-31(38-26-16-23(32)15-25(34)17-26)39-30(40)22-9-12-28(35)29(36)14-22/h5-12,14-17,19-20,27H,1,13H2,2-4H3,(H2,37,38,39,40)/b6-5+. The minimum atomic E-state index is -1.18. The Bertz CT molecular complexity index is 1400. The predicted molar refractivity (Wildman–Crippen MR) is 153 cm³/mol. The summed E-state index contributed by atoms with van der Waals surface area (Å²) in [5, 5.41) is 5.54.